The molecule has 16 heteroatoms. The molecular weight excluding hydrogens is 545 g/mol. The third-order valence-electron chi connectivity index (χ3n) is 8.47. The topological polar surface area (TPSA) is 244 Å². The fourth-order valence-corrected chi connectivity index (χ4v) is 5.90. The van der Waals surface area contributed by atoms with Gasteiger partial charge in [0.1, 0.15) is 48.1 Å². The van der Waals surface area contributed by atoms with Gasteiger partial charge in [0.05, 0.1) is 30.8 Å². The lowest BCUT2D eigenvalue weighted by molar-refractivity contribution is -0.306. The Balaban J connectivity index is 1.53. The highest BCUT2D eigenvalue weighted by molar-refractivity contribution is 5.90. The zero-order chi connectivity index (χ0) is 29.9. The van der Waals surface area contributed by atoms with E-state index in [1.165, 1.54) is 6.92 Å². The second-order valence-electron chi connectivity index (χ2n) is 11.9. The Kier molecular flexibility index (Phi) is 10.9. The van der Waals surface area contributed by atoms with Gasteiger partial charge in [-0.1, -0.05) is 0 Å². The lowest BCUT2D eigenvalue weighted by Crippen LogP contribution is -2.69. The van der Waals surface area contributed by atoms with Crippen LogP contribution in [0.5, 0.6) is 0 Å². The van der Waals surface area contributed by atoms with Crippen LogP contribution in [0.4, 0.5) is 4.39 Å². The Labute approximate surface area is 239 Å². The Hall–Kier alpha value is -1.12. The normalized spacial score (nSPS) is 45.3. The second kappa shape index (κ2) is 13.7. The minimum absolute atomic E-state index is 0.0315. The highest BCUT2D eigenvalue weighted by atomic mass is 19.1. The first kappa shape index (κ1) is 32.8. The van der Waals surface area contributed by atoms with Crippen molar-refractivity contribution in [2.45, 2.75) is 105 Å². The first-order valence-electron chi connectivity index (χ1n) is 14.3. The fraction of sp³-hybridized carbons (Fsp3) is 0.960. The molecule has 1 aliphatic carbocycles. The van der Waals surface area contributed by atoms with Gasteiger partial charge in [-0.25, -0.2) is 4.39 Å². The molecular formula is C25H48FN7O8. The summed E-state index contributed by atoms with van der Waals surface area (Å²) in [6.07, 6.45) is -5.82. The molecule has 0 aromatic heterocycles. The molecule has 0 spiro atoms. The number of amidine groups is 1. The van der Waals surface area contributed by atoms with Gasteiger partial charge in [0, 0.05) is 32.2 Å². The summed E-state index contributed by atoms with van der Waals surface area (Å²) in [5.74, 6) is -0.0315. The van der Waals surface area contributed by atoms with E-state index < -0.39 is 79.0 Å². The molecule has 3 aliphatic heterocycles. The predicted octanol–water partition coefficient (Wildman–Crippen LogP) is -4.64. The van der Waals surface area contributed by atoms with Gasteiger partial charge in [-0.3, -0.25) is 4.99 Å². The third-order valence-corrected chi connectivity index (χ3v) is 8.47. The minimum atomic E-state index is -1.39. The van der Waals surface area contributed by atoms with Crippen LogP contribution in [-0.2, 0) is 18.9 Å². The summed E-state index contributed by atoms with van der Waals surface area (Å²) in [4.78, 5) is 4.51. The molecule has 0 radical (unpaired) electrons. The molecule has 13 N–H and O–H groups in total. The molecule has 0 amide bonds. The number of β-amino-alcohol motifs (C(OH)–C–C–N with tert-alkyl or cyclic N) is 1. The number of nitrogens with zero attached hydrogens (tertiary/aromatic N) is 1. The van der Waals surface area contributed by atoms with Crippen LogP contribution in [-0.4, -0.2) is 151 Å². The molecule has 12 atom stereocenters. The standard InChI is InChI=1S/C25H48FN7O8/c1-24(36)11-38-22(17(35)20(24)30-2)41-19-15(33-23(29)25(37)9-32-10-25)7-14(28)18(16(19)34)40-21-13(27)4-3-12(39-21)8-31-6-5-26/h12-22,30-32,34-37H,3-11,27-28H2,1-2H3,(H2,29,33)/t12-,13+,14-,15+,16-,17+,18+,19-,20+,21+,22+,24-/m0/s1. The third kappa shape index (κ3) is 7.34. The number of aliphatic imine (C=N–C) groups is 1. The van der Waals surface area contributed by atoms with Crippen molar-refractivity contribution in [1.29, 1.82) is 0 Å². The van der Waals surface area contributed by atoms with E-state index in [4.69, 9.17) is 36.1 Å². The van der Waals surface area contributed by atoms with Gasteiger partial charge < -0.3 is 72.5 Å². The second-order valence-corrected chi connectivity index (χ2v) is 11.9. The van der Waals surface area contributed by atoms with Crippen LogP contribution in [0.2, 0.25) is 0 Å². The van der Waals surface area contributed by atoms with Crippen molar-refractivity contribution in [1.82, 2.24) is 16.0 Å². The number of alkyl halides is 1. The van der Waals surface area contributed by atoms with Crippen molar-refractivity contribution in [2.24, 2.45) is 22.2 Å². The number of aliphatic hydroxyl groups excluding tert-OH is 2. The van der Waals surface area contributed by atoms with Gasteiger partial charge in [0.15, 0.2) is 12.6 Å². The van der Waals surface area contributed by atoms with E-state index in [1.54, 1.807) is 7.05 Å². The highest BCUT2D eigenvalue weighted by Crippen LogP contribution is 2.33. The van der Waals surface area contributed by atoms with E-state index in [1.807, 2.05) is 0 Å². The molecule has 4 fully saturated rings. The van der Waals surface area contributed by atoms with E-state index in [9.17, 15) is 24.8 Å². The zero-order valence-electron chi connectivity index (χ0n) is 23.7. The Morgan fingerprint density at radius 2 is 1.80 bits per heavy atom. The van der Waals surface area contributed by atoms with E-state index in [0.717, 1.165) is 0 Å². The molecule has 0 unspecified atom stereocenters. The average molecular weight is 594 g/mol. The van der Waals surface area contributed by atoms with Crippen molar-refractivity contribution < 1.29 is 43.8 Å². The first-order chi connectivity index (χ1) is 19.4. The number of ether oxygens (including phenoxy) is 4. The van der Waals surface area contributed by atoms with E-state index in [0.29, 0.717) is 19.4 Å². The van der Waals surface area contributed by atoms with Crippen LogP contribution in [0.15, 0.2) is 4.99 Å². The summed E-state index contributed by atoms with van der Waals surface area (Å²) in [5, 5.41) is 52.7. The number of hydrogen-bond acceptors (Lipinski definition) is 14. The first-order valence-corrected chi connectivity index (χ1v) is 14.3. The van der Waals surface area contributed by atoms with Gasteiger partial charge in [-0.15, -0.1) is 0 Å². The van der Waals surface area contributed by atoms with Crippen LogP contribution < -0.4 is 33.2 Å². The maximum atomic E-state index is 12.5. The number of nitrogens with two attached hydrogens (primary N) is 3. The number of rotatable bonds is 11. The number of halogens is 1. The molecule has 4 rings (SSSR count). The van der Waals surface area contributed by atoms with Crippen LogP contribution in [0.3, 0.4) is 0 Å². The van der Waals surface area contributed by atoms with Crippen LogP contribution >= 0.6 is 0 Å². The molecule has 4 aliphatic rings. The lowest BCUT2D eigenvalue weighted by Gasteiger charge is -2.48. The van der Waals surface area contributed by atoms with Crippen LogP contribution in [0.25, 0.3) is 0 Å². The molecule has 238 valence electrons. The van der Waals surface area contributed by atoms with Gasteiger partial charge in [-0.2, -0.15) is 0 Å². The van der Waals surface area contributed by atoms with E-state index in [2.05, 4.69) is 20.9 Å². The fourth-order valence-electron chi connectivity index (χ4n) is 5.90. The Morgan fingerprint density at radius 1 is 1.10 bits per heavy atom. The van der Waals surface area contributed by atoms with E-state index >= 15 is 0 Å². The summed E-state index contributed by atoms with van der Waals surface area (Å²) in [5.41, 5.74) is 16.2. The quantitative estimate of drug-likeness (QED) is 0.0615. The average Bonchev–Trinajstić information content (AvgIpc) is 2.90. The molecule has 15 nitrogen and oxygen atoms in total. The number of aliphatic hydroxyl groups is 4. The number of hydrogen-bond donors (Lipinski definition) is 10. The minimum Gasteiger partial charge on any atom is -0.388 e. The molecule has 0 bridgehead atoms. The number of likely N-dealkylation sites (N-methyl/N-ethyl adjacent to an activating group) is 1. The lowest BCUT2D eigenvalue weighted by atomic mass is 9.83. The summed E-state index contributed by atoms with van der Waals surface area (Å²) < 4.78 is 36.5. The summed E-state index contributed by atoms with van der Waals surface area (Å²) in [6, 6.07) is -2.85. The maximum absolute atomic E-state index is 12.5. The van der Waals surface area contributed by atoms with Crippen molar-refractivity contribution in [3.05, 3.63) is 0 Å². The monoisotopic (exact) mass is 593 g/mol. The molecule has 0 aromatic rings. The maximum Gasteiger partial charge on any atom is 0.185 e. The van der Waals surface area contributed by atoms with Crippen LogP contribution in [0, 0.1) is 0 Å². The van der Waals surface area contributed by atoms with Gasteiger partial charge in [0.2, 0.25) is 0 Å². The molecule has 41 heavy (non-hydrogen) atoms. The van der Waals surface area contributed by atoms with E-state index in [-0.39, 0.29) is 44.6 Å². The summed E-state index contributed by atoms with van der Waals surface area (Å²) in [7, 11) is 1.60. The molecule has 3 saturated heterocycles. The Bertz CT molecular complexity index is 887. The van der Waals surface area contributed by atoms with Crippen molar-refractivity contribution in [3.63, 3.8) is 0 Å². The van der Waals surface area contributed by atoms with Gasteiger partial charge >= 0.3 is 0 Å². The molecule has 1 saturated carbocycles. The predicted molar refractivity (Wildman–Crippen MR) is 146 cm³/mol. The smallest absolute Gasteiger partial charge is 0.185 e. The van der Waals surface area contributed by atoms with Crippen molar-refractivity contribution >= 4 is 5.84 Å². The Morgan fingerprint density at radius 3 is 2.44 bits per heavy atom. The van der Waals surface area contributed by atoms with Gasteiger partial charge in [-0.05, 0) is 33.2 Å². The van der Waals surface area contributed by atoms with Crippen molar-refractivity contribution in [2.75, 3.05) is 46.5 Å². The summed E-state index contributed by atoms with van der Waals surface area (Å²) in [6.45, 7) is 1.96. The molecule has 3 heterocycles. The zero-order valence-corrected chi connectivity index (χ0v) is 23.7. The van der Waals surface area contributed by atoms with Gasteiger partial charge in [0.25, 0.3) is 0 Å². The molecule has 0 aromatic carbocycles. The van der Waals surface area contributed by atoms with Crippen LogP contribution in [0.1, 0.15) is 26.2 Å². The number of nitrogens with one attached hydrogen (secondary N) is 3. The highest BCUT2D eigenvalue weighted by Gasteiger charge is 2.52. The largest absolute Gasteiger partial charge is 0.388 e. The summed E-state index contributed by atoms with van der Waals surface area (Å²) >= 11 is 0. The van der Waals surface area contributed by atoms with Crippen molar-refractivity contribution in [3.8, 4) is 0 Å². The SMILES string of the molecule is CN[C@@H]1[C@@H](O)[C@@H](O[C@@H]2[C@@H](O)[C@H](O[C@H]3O[C@H](CNCCF)CC[C@H]3N)[C@@H](N)C[C@H]2N=C(N)C2(O)CNC2)OC[C@]1(C)O.